The predicted octanol–water partition coefficient (Wildman–Crippen LogP) is 3.92. The largest absolute Gasteiger partial charge is 0.303 e. The summed E-state index contributed by atoms with van der Waals surface area (Å²) in [5.74, 6) is 1.92. The van der Waals surface area contributed by atoms with Gasteiger partial charge in [0.15, 0.2) is 0 Å². The molecule has 1 rings (SSSR count). The van der Waals surface area contributed by atoms with Crippen LogP contribution in [-0.2, 0) is 0 Å². The van der Waals surface area contributed by atoms with Gasteiger partial charge in [0, 0.05) is 11.9 Å². The Morgan fingerprint density at radius 1 is 1.27 bits per heavy atom. The van der Waals surface area contributed by atoms with Crippen molar-refractivity contribution >= 4 is 15.9 Å². The number of alkyl halides is 1. The first-order valence-corrected chi connectivity index (χ1v) is 7.66. The standard InChI is InChI=1S/C13H26BrN/c1-3-9-15(11-13-4-5-13)10-7-12(2)6-8-14/h12-13H,3-11H2,1-2H3. The zero-order valence-electron chi connectivity index (χ0n) is 10.3. The Morgan fingerprint density at radius 3 is 2.53 bits per heavy atom. The van der Waals surface area contributed by atoms with Crippen LogP contribution in [-0.4, -0.2) is 29.9 Å². The third-order valence-corrected chi connectivity index (χ3v) is 3.75. The van der Waals surface area contributed by atoms with Crippen molar-refractivity contribution in [3.8, 4) is 0 Å². The Bertz CT molecular complexity index is 157. The van der Waals surface area contributed by atoms with Gasteiger partial charge in [-0.2, -0.15) is 0 Å². The fourth-order valence-electron chi connectivity index (χ4n) is 2.01. The summed E-state index contributed by atoms with van der Waals surface area (Å²) in [4.78, 5) is 2.68. The summed E-state index contributed by atoms with van der Waals surface area (Å²) < 4.78 is 0. The fraction of sp³-hybridized carbons (Fsp3) is 1.00. The first-order chi connectivity index (χ1) is 7.26. The molecule has 1 aliphatic carbocycles. The summed E-state index contributed by atoms with van der Waals surface area (Å²) in [7, 11) is 0. The minimum Gasteiger partial charge on any atom is -0.303 e. The molecule has 1 atom stereocenters. The van der Waals surface area contributed by atoms with Crippen molar-refractivity contribution in [3.05, 3.63) is 0 Å². The molecule has 0 radical (unpaired) electrons. The maximum atomic E-state index is 3.52. The molecule has 0 aromatic carbocycles. The van der Waals surface area contributed by atoms with Gasteiger partial charge in [-0.1, -0.05) is 29.8 Å². The van der Waals surface area contributed by atoms with Crippen LogP contribution in [0.4, 0.5) is 0 Å². The van der Waals surface area contributed by atoms with E-state index in [1.807, 2.05) is 0 Å². The van der Waals surface area contributed by atoms with Crippen LogP contribution >= 0.6 is 15.9 Å². The van der Waals surface area contributed by atoms with Crippen molar-refractivity contribution in [1.29, 1.82) is 0 Å². The number of hydrogen-bond donors (Lipinski definition) is 0. The first kappa shape index (κ1) is 13.5. The molecule has 0 N–H and O–H groups in total. The Kier molecular flexibility index (Phi) is 6.91. The monoisotopic (exact) mass is 275 g/mol. The Balaban J connectivity index is 2.11. The summed E-state index contributed by atoms with van der Waals surface area (Å²) in [6.07, 6.45) is 6.97. The zero-order valence-corrected chi connectivity index (χ0v) is 11.9. The van der Waals surface area contributed by atoms with Gasteiger partial charge in [0.25, 0.3) is 0 Å². The molecule has 0 amide bonds. The van der Waals surface area contributed by atoms with Crippen LogP contribution in [0.15, 0.2) is 0 Å². The maximum Gasteiger partial charge on any atom is 0.00338 e. The molecule has 15 heavy (non-hydrogen) atoms. The van der Waals surface area contributed by atoms with E-state index in [0.717, 1.165) is 17.2 Å². The molecular formula is C13H26BrN. The van der Waals surface area contributed by atoms with Crippen molar-refractivity contribution in [2.75, 3.05) is 25.0 Å². The van der Waals surface area contributed by atoms with Gasteiger partial charge in [0.2, 0.25) is 0 Å². The lowest BCUT2D eigenvalue weighted by atomic mass is 10.0. The number of nitrogens with zero attached hydrogens (tertiary/aromatic N) is 1. The van der Waals surface area contributed by atoms with Crippen molar-refractivity contribution in [1.82, 2.24) is 4.90 Å². The quantitative estimate of drug-likeness (QED) is 0.577. The first-order valence-electron chi connectivity index (χ1n) is 6.54. The van der Waals surface area contributed by atoms with Crippen LogP contribution < -0.4 is 0 Å². The zero-order chi connectivity index (χ0) is 11.1. The highest BCUT2D eigenvalue weighted by Gasteiger charge is 2.23. The molecule has 2 heteroatoms. The Morgan fingerprint density at radius 2 is 2.00 bits per heavy atom. The van der Waals surface area contributed by atoms with Gasteiger partial charge in [-0.05, 0) is 57.0 Å². The fourth-order valence-corrected chi connectivity index (χ4v) is 2.79. The van der Waals surface area contributed by atoms with Gasteiger partial charge in [-0.15, -0.1) is 0 Å². The number of rotatable bonds is 9. The predicted molar refractivity (Wildman–Crippen MR) is 71.6 cm³/mol. The van der Waals surface area contributed by atoms with E-state index in [9.17, 15) is 0 Å². The number of halogens is 1. The molecule has 0 spiro atoms. The summed E-state index contributed by atoms with van der Waals surface area (Å²) in [5.41, 5.74) is 0. The molecule has 90 valence electrons. The molecule has 0 aromatic heterocycles. The lowest BCUT2D eigenvalue weighted by Gasteiger charge is -2.23. The molecule has 1 fully saturated rings. The summed E-state index contributed by atoms with van der Waals surface area (Å²) in [6, 6.07) is 0. The highest BCUT2D eigenvalue weighted by atomic mass is 79.9. The molecule has 0 bridgehead atoms. The van der Waals surface area contributed by atoms with Gasteiger partial charge in [-0.25, -0.2) is 0 Å². The van der Waals surface area contributed by atoms with Gasteiger partial charge < -0.3 is 4.90 Å². The van der Waals surface area contributed by atoms with Gasteiger partial charge in [0.05, 0.1) is 0 Å². The van der Waals surface area contributed by atoms with E-state index >= 15 is 0 Å². The molecular weight excluding hydrogens is 250 g/mol. The minimum atomic E-state index is 0.878. The highest BCUT2D eigenvalue weighted by Crippen LogP contribution is 2.29. The van der Waals surface area contributed by atoms with Crippen LogP contribution in [0, 0.1) is 11.8 Å². The van der Waals surface area contributed by atoms with Crippen LogP contribution in [0.2, 0.25) is 0 Å². The van der Waals surface area contributed by atoms with E-state index < -0.39 is 0 Å². The average molecular weight is 276 g/mol. The third kappa shape index (κ3) is 6.57. The van der Waals surface area contributed by atoms with Gasteiger partial charge in [-0.3, -0.25) is 0 Å². The van der Waals surface area contributed by atoms with E-state index in [4.69, 9.17) is 0 Å². The maximum absolute atomic E-state index is 3.52. The van der Waals surface area contributed by atoms with E-state index in [1.165, 1.54) is 51.7 Å². The third-order valence-electron chi connectivity index (χ3n) is 3.29. The lowest BCUT2D eigenvalue weighted by Crippen LogP contribution is -2.29. The topological polar surface area (TPSA) is 3.24 Å². The van der Waals surface area contributed by atoms with Crippen LogP contribution in [0.3, 0.4) is 0 Å². The van der Waals surface area contributed by atoms with Crippen molar-refractivity contribution < 1.29 is 0 Å². The highest BCUT2D eigenvalue weighted by molar-refractivity contribution is 9.09. The molecule has 0 saturated heterocycles. The molecule has 1 saturated carbocycles. The Labute approximate surface area is 104 Å². The average Bonchev–Trinajstić information content (AvgIpc) is 2.99. The van der Waals surface area contributed by atoms with Crippen LogP contribution in [0.1, 0.15) is 46.0 Å². The second-order valence-corrected chi connectivity index (χ2v) is 5.91. The lowest BCUT2D eigenvalue weighted by molar-refractivity contribution is 0.244. The van der Waals surface area contributed by atoms with Crippen molar-refractivity contribution in [2.45, 2.75) is 46.0 Å². The smallest absolute Gasteiger partial charge is 0.00338 e. The molecule has 0 aliphatic heterocycles. The van der Waals surface area contributed by atoms with E-state index in [1.54, 1.807) is 0 Å². The van der Waals surface area contributed by atoms with Crippen LogP contribution in [0.5, 0.6) is 0 Å². The minimum absolute atomic E-state index is 0.878. The Hall–Kier alpha value is 0.440. The molecule has 1 unspecified atom stereocenters. The van der Waals surface area contributed by atoms with Gasteiger partial charge in [0.1, 0.15) is 0 Å². The van der Waals surface area contributed by atoms with E-state index in [0.29, 0.717) is 0 Å². The SMILES string of the molecule is CCCN(CCC(C)CCBr)CC1CC1. The normalized spacial score (nSPS) is 18.4. The summed E-state index contributed by atoms with van der Waals surface area (Å²) >= 11 is 3.52. The van der Waals surface area contributed by atoms with Crippen molar-refractivity contribution in [2.24, 2.45) is 11.8 Å². The van der Waals surface area contributed by atoms with Crippen LogP contribution in [0.25, 0.3) is 0 Å². The second kappa shape index (κ2) is 7.67. The van der Waals surface area contributed by atoms with E-state index in [2.05, 4.69) is 34.7 Å². The summed E-state index contributed by atoms with van der Waals surface area (Å²) in [6.45, 7) is 8.66. The molecule has 1 aliphatic rings. The molecule has 0 aromatic rings. The summed E-state index contributed by atoms with van der Waals surface area (Å²) in [5, 5.41) is 1.16. The number of hydrogen-bond acceptors (Lipinski definition) is 1. The van der Waals surface area contributed by atoms with Crippen molar-refractivity contribution in [3.63, 3.8) is 0 Å². The van der Waals surface area contributed by atoms with E-state index in [-0.39, 0.29) is 0 Å². The molecule has 1 nitrogen and oxygen atoms in total. The van der Waals surface area contributed by atoms with Gasteiger partial charge >= 0.3 is 0 Å². The molecule has 0 heterocycles. The second-order valence-electron chi connectivity index (χ2n) is 5.12.